The highest BCUT2D eigenvalue weighted by molar-refractivity contribution is 6.06. The summed E-state index contributed by atoms with van der Waals surface area (Å²) in [6.07, 6.45) is -3.60. The number of nitrogens with one attached hydrogen (secondary N) is 2. The normalized spacial score (nSPS) is 11.7. The lowest BCUT2D eigenvalue weighted by Crippen LogP contribution is -2.28. The predicted octanol–water partition coefficient (Wildman–Crippen LogP) is 2.85. The van der Waals surface area contributed by atoms with Crippen LogP contribution < -0.4 is 5.32 Å². The fraction of sp³-hybridized carbons (Fsp3) is 0.250. The first-order chi connectivity index (χ1) is 8.47. The number of amides is 1. The van der Waals surface area contributed by atoms with Crippen LogP contribution in [0.5, 0.6) is 0 Å². The summed E-state index contributed by atoms with van der Waals surface area (Å²) >= 11 is 0. The largest absolute Gasteiger partial charge is 0.390 e. The van der Waals surface area contributed by atoms with Gasteiger partial charge in [0.15, 0.2) is 0 Å². The zero-order valence-corrected chi connectivity index (χ0v) is 9.34. The lowest BCUT2D eigenvalue weighted by molar-refractivity contribution is -0.132. The van der Waals surface area contributed by atoms with Gasteiger partial charge in [0.1, 0.15) is 0 Å². The minimum absolute atomic E-state index is 0.371. The number of aromatic nitrogens is 1. The number of alkyl halides is 3. The number of hydrogen-bond acceptors (Lipinski definition) is 1. The van der Waals surface area contributed by atoms with Crippen molar-refractivity contribution < 1.29 is 18.0 Å². The van der Waals surface area contributed by atoms with Crippen molar-refractivity contribution >= 4 is 16.8 Å². The molecule has 0 spiro atoms. The molecular formula is C12H11F3N2O. The van der Waals surface area contributed by atoms with Crippen molar-refractivity contribution in [3.8, 4) is 0 Å². The fourth-order valence-electron chi connectivity index (χ4n) is 1.70. The summed E-state index contributed by atoms with van der Waals surface area (Å²) in [6.45, 7) is -0.414. The Bertz CT molecular complexity index is 560. The molecule has 0 saturated heterocycles. The van der Waals surface area contributed by atoms with E-state index >= 15 is 0 Å². The van der Waals surface area contributed by atoms with Gasteiger partial charge in [0.05, 0.1) is 6.42 Å². The lowest BCUT2D eigenvalue weighted by Gasteiger charge is -2.08. The molecule has 1 amide bonds. The maximum absolute atomic E-state index is 12.0. The van der Waals surface area contributed by atoms with E-state index < -0.39 is 25.0 Å². The molecule has 0 atom stereocenters. The third kappa shape index (κ3) is 2.82. The number of hydrogen-bond donors (Lipinski definition) is 2. The Morgan fingerprint density at radius 1 is 1.28 bits per heavy atom. The Kier molecular flexibility index (Phi) is 3.27. The molecule has 1 heterocycles. The second-order valence-electron chi connectivity index (χ2n) is 3.87. The van der Waals surface area contributed by atoms with Crippen LogP contribution in [-0.2, 0) is 0 Å². The molecule has 0 bridgehead atoms. The highest BCUT2D eigenvalue weighted by Crippen LogP contribution is 2.19. The van der Waals surface area contributed by atoms with E-state index in [0.29, 0.717) is 10.9 Å². The number of carbonyl (C=O) groups excluding carboxylic acids is 1. The maximum atomic E-state index is 12.0. The molecule has 2 N–H and O–H groups in total. The van der Waals surface area contributed by atoms with Crippen LogP contribution in [-0.4, -0.2) is 23.6 Å². The predicted molar refractivity (Wildman–Crippen MR) is 61.3 cm³/mol. The molecule has 0 aliphatic rings. The van der Waals surface area contributed by atoms with E-state index in [9.17, 15) is 18.0 Å². The third-order valence-corrected chi connectivity index (χ3v) is 2.53. The molecule has 2 rings (SSSR count). The molecule has 0 unspecified atom stereocenters. The molecule has 6 heteroatoms. The zero-order chi connectivity index (χ0) is 13.2. The van der Waals surface area contributed by atoms with Gasteiger partial charge in [0.25, 0.3) is 5.91 Å². The molecule has 1 aromatic carbocycles. The highest BCUT2D eigenvalue weighted by atomic mass is 19.4. The summed E-state index contributed by atoms with van der Waals surface area (Å²) in [4.78, 5) is 14.7. The van der Waals surface area contributed by atoms with Gasteiger partial charge in [-0.05, 0) is 18.2 Å². The molecule has 0 aliphatic carbocycles. The number of rotatable bonds is 3. The van der Waals surface area contributed by atoms with Gasteiger partial charge >= 0.3 is 6.18 Å². The average Bonchev–Trinajstić information content (AvgIpc) is 2.74. The van der Waals surface area contributed by atoms with E-state index in [2.05, 4.69) is 10.3 Å². The lowest BCUT2D eigenvalue weighted by atomic mass is 10.1. The summed E-state index contributed by atoms with van der Waals surface area (Å²) in [5.74, 6) is -0.496. The molecule has 0 radical (unpaired) electrons. The molecule has 1 aromatic heterocycles. The van der Waals surface area contributed by atoms with Crippen LogP contribution >= 0.6 is 0 Å². The molecule has 0 aliphatic heterocycles. The Balaban J connectivity index is 2.07. The number of benzene rings is 1. The van der Waals surface area contributed by atoms with Crippen LogP contribution in [0.3, 0.4) is 0 Å². The molecule has 2 aromatic rings. The second kappa shape index (κ2) is 4.72. The van der Waals surface area contributed by atoms with Gasteiger partial charge in [-0.2, -0.15) is 13.2 Å². The van der Waals surface area contributed by atoms with E-state index in [0.717, 1.165) is 5.52 Å². The summed E-state index contributed by atoms with van der Waals surface area (Å²) in [5, 5.41) is 2.96. The first kappa shape index (κ1) is 12.5. The van der Waals surface area contributed by atoms with Crippen LogP contribution in [0.4, 0.5) is 13.2 Å². The van der Waals surface area contributed by atoms with Gasteiger partial charge in [-0.3, -0.25) is 4.79 Å². The fourth-order valence-corrected chi connectivity index (χ4v) is 1.70. The van der Waals surface area contributed by atoms with Crippen molar-refractivity contribution in [3.63, 3.8) is 0 Å². The van der Waals surface area contributed by atoms with Crippen molar-refractivity contribution in [2.24, 2.45) is 0 Å². The number of fused-ring (bicyclic) bond motifs is 1. The number of carbonyl (C=O) groups is 1. The van der Waals surface area contributed by atoms with E-state index in [1.807, 2.05) is 0 Å². The molecular weight excluding hydrogens is 245 g/mol. The van der Waals surface area contributed by atoms with Crippen molar-refractivity contribution in [3.05, 3.63) is 36.0 Å². The quantitative estimate of drug-likeness (QED) is 0.871. The van der Waals surface area contributed by atoms with E-state index in [1.54, 1.807) is 30.5 Å². The van der Waals surface area contributed by atoms with Gasteiger partial charge < -0.3 is 10.3 Å². The Morgan fingerprint density at radius 2 is 2.06 bits per heavy atom. The molecule has 0 saturated carbocycles. The molecule has 0 fully saturated rings. The number of halogens is 3. The van der Waals surface area contributed by atoms with E-state index in [4.69, 9.17) is 0 Å². The van der Waals surface area contributed by atoms with Crippen LogP contribution in [0.2, 0.25) is 0 Å². The Labute approximate surface area is 101 Å². The summed E-state index contributed by atoms with van der Waals surface area (Å²) in [7, 11) is 0. The van der Waals surface area contributed by atoms with Gasteiger partial charge in [-0.1, -0.05) is 6.07 Å². The molecule has 18 heavy (non-hydrogen) atoms. The first-order valence-corrected chi connectivity index (χ1v) is 5.38. The monoisotopic (exact) mass is 256 g/mol. The summed E-state index contributed by atoms with van der Waals surface area (Å²) < 4.78 is 35.9. The van der Waals surface area contributed by atoms with Gasteiger partial charge in [0.2, 0.25) is 0 Å². The second-order valence-corrected chi connectivity index (χ2v) is 3.87. The number of aromatic amines is 1. The third-order valence-electron chi connectivity index (χ3n) is 2.53. The van der Waals surface area contributed by atoms with E-state index in [1.165, 1.54) is 0 Å². The minimum atomic E-state index is -4.26. The standard InChI is InChI=1S/C12H11F3N2O/c13-12(14,15)5-7-17-11(18)9-2-1-3-10-8(9)4-6-16-10/h1-4,6,16H,5,7H2,(H,17,18). The van der Waals surface area contributed by atoms with Crippen molar-refractivity contribution in [2.75, 3.05) is 6.54 Å². The minimum Gasteiger partial charge on any atom is -0.361 e. The maximum Gasteiger partial charge on any atom is 0.390 e. The summed E-state index contributed by atoms with van der Waals surface area (Å²) in [5.41, 5.74) is 1.15. The molecule has 96 valence electrons. The van der Waals surface area contributed by atoms with Gasteiger partial charge in [-0.15, -0.1) is 0 Å². The van der Waals surface area contributed by atoms with Crippen molar-refractivity contribution in [2.45, 2.75) is 12.6 Å². The SMILES string of the molecule is O=C(NCCC(F)(F)F)c1cccc2[nH]ccc12. The Morgan fingerprint density at radius 3 is 2.78 bits per heavy atom. The smallest absolute Gasteiger partial charge is 0.361 e. The van der Waals surface area contributed by atoms with Crippen LogP contribution in [0.15, 0.2) is 30.5 Å². The van der Waals surface area contributed by atoms with Crippen LogP contribution in [0.25, 0.3) is 10.9 Å². The average molecular weight is 256 g/mol. The van der Waals surface area contributed by atoms with Crippen LogP contribution in [0.1, 0.15) is 16.8 Å². The summed E-state index contributed by atoms with van der Waals surface area (Å²) in [6, 6.07) is 6.77. The highest BCUT2D eigenvalue weighted by Gasteiger charge is 2.26. The van der Waals surface area contributed by atoms with Crippen molar-refractivity contribution in [1.82, 2.24) is 10.3 Å². The van der Waals surface area contributed by atoms with Crippen LogP contribution in [0, 0.1) is 0 Å². The zero-order valence-electron chi connectivity index (χ0n) is 9.34. The van der Waals surface area contributed by atoms with Gasteiger partial charge in [0, 0.05) is 29.2 Å². The van der Waals surface area contributed by atoms with Crippen molar-refractivity contribution in [1.29, 1.82) is 0 Å². The van der Waals surface area contributed by atoms with Gasteiger partial charge in [-0.25, -0.2) is 0 Å². The first-order valence-electron chi connectivity index (χ1n) is 5.38. The Hall–Kier alpha value is -1.98. The molecule has 3 nitrogen and oxygen atoms in total. The van der Waals surface area contributed by atoms with E-state index in [-0.39, 0.29) is 0 Å². The topological polar surface area (TPSA) is 44.9 Å². The number of H-pyrrole nitrogens is 1.